The summed E-state index contributed by atoms with van der Waals surface area (Å²) in [7, 11) is 0. The van der Waals surface area contributed by atoms with Crippen molar-refractivity contribution < 1.29 is 14.0 Å². The average molecular weight is 236 g/mol. The Morgan fingerprint density at radius 1 is 1.59 bits per heavy atom. The molecule has 5 nitrogen and oxygen atoms in total. The second-order valence-electron chi connectivity index (χ2n) is 3.82. The second kappa shape index (κ2) is 5.43. The molecule has 0 aromatic carbocycles. The topological polar surface area (TPSA) is 63.4 Å². The number of aromatic nitrogens is 1. The van der Waals surface area contributed by atoms with Crippen LogP contribution in [0, 0.1) is 5.92 Å². The molecule has 0 aliphatic rings. The molecule has 1 aromatic rings. The predicted octanol–water partition coefficient (Wildman–Crippen LogP) is 2.05. The van der Waals surface area contributed by atoms with Crippen molar-refractivity contribution in [1.29, 1.82) is 0 Å². The van der Waals surface area contributed by atoms with Crippen LogP contribution in [0.15, 0.2) is 23.3 Å². The minimum Gasteiger partial charge on any atom is -0.431 e. The fourth-order valence-electron chi connectivity index (χ4n) is 1.29. The van der Waals surface area contributed by atoms with E-state index in [0.717, 1.165) is 0 Å². The van der Waals surface area contributed by atoms with Crippen LogP contribution in [0.25, 0.3) is 0 Å². The summed E-state index contributed by atoms with van der Waals surface area (Å²) in [6.45, 7) is 9.15. The summed E-state index contributed by atoms with van der Waals surface area (Å²) in [6.07, 6.45) is 2.45. The van der Waals surface area contributed by atoms with Crippen LogP contribution in [0.4, 0.5) is 6.01 Å². The molecule has 0 saturated carbocycles. The van der Waals surface area contributed by atoms with Gasteiger partial charge in [-0.3, -0.25) is 14.5 Å². The number of rotatable bonds is 5. The second-order valence-corrected chi connectivity index (χ2v) is 3.82. The molecule has 17 heavy (non-hydrogen) atoms. The fourth-order valence-corrected chi connectivity index (χ4v) is 1.29. The first-order valence-electron chi connectivity index (χ1n) is 5.44. The Hall–Kier alpha value is -1.91. The molecule has 0 radical (unpaired) electrons. The molecular weight excluding hydrogens is 220 g/mol. The highest BCUT2D eigenvalue weighted by Gasteiger charge is 2.20. The third-order valence-electron chi connectivity index (χ3n) is 2.26. The Balaban J connectivity index is 2.97. The first kappa shape index (κ1) is 13.2. The van der Waals surface area contributed by atoms with Crippen LogP contribution in [0.5, 0.6) is 0 Å². The number of anilines is 1. The largest absolute Gasteiger partial charge is 0.431 e. The highest BCUT2D eigenvalue weighted by atomic mass is 16.4. The molecule has 92 valence electrons. The van der Waals surface area contributed by atoms with Gasteiger partial charge < -0.3 is 4.42 Å². The molecule has 1 amide bonds. The molecule has 0 spiro atoms. The molecule has 1 rings (SSSR count). The molecule has 1 heterocycles. The van der Waals surface area contributed by atoms with Gasteiger partial charge in [0.2, 0.25) is 0 Å². The van der Waals surface area contributed by atoms with Gasteiger partial charge in [0.1, 0.15) is 12.0 Å². The van der Waals surface area contributed by atoms with E-state index in [1.54, 1.807) is 20.8 Å². The summed E-state index contributed by atoms with van der Waals surface area (Å²) in [5.41, 5.74) is 0.241. The first-order chi connectivity index (χ1) is 8.01. The third kappa shape index (κ3) is 2.81. The zero-order chi connectivity index (χ0) is 13.0. The van der Waals surface area contributed by atoms with Crippen molar-refractivity contribution in [2.24, 2.45) is 5.92 Å². The highest BCUT2D eigenvalue weighted by molar-refractivity contribution is 6.00. The number of Topliss-reactive ketones (excluding diaryl/α,β-unsaturated/α-hetero) is 1. The maximum absolute atomic E-state index is 11.7. The van der Waals surface area contributed by atoms with E-state index in [-0.39, 0.29) is 29.3 Å². The van der Waals surface area contributed by atoms with Crippen molar-refractivity contribution in [3.8, 4) is 0 Å². The summed E-state index contributed by atoms with van der Waals surface area (Å²) < 4.78 is 5.14. The number of nitrogens with zero attached hydrogens (tertiary/aromatic N) is 2. The monoisotopic (exact) mass is 236 g/mol. The molecule has 0 saturated heterocycles. The number of oxazole rings is 1. The van der Waals surface area contributed by atoms with Gasteiger partial charge in [-0.15, -0.1) is 0 Å². The predicted molar refractivity (Wildman–Crippen MR) is 63.9 cm³/mol. The summed E-state index contributed by atoms with van der Waals surface area (Å²) in [5.74, 6) is -0.571. The molecular formula is C12H16N2O3. The molecule has 0 N–H and O–H groups in total. The molecule has 0 aliphatic carbocycles. The number of amides is 1. The summed E-state index contributed by atoms with van der Waals surface area (Å²) in [5, 5.41) is 0. The van der Waals surface area contributed by atoms with E-state index in [4.69, 9.17) is 4.42 Å². The summed E-state index contributed by atoms with van der Waals surface area (Å²) in [6, 6.07) is 0.126. The molecule has 5 heteroatoms. The molecule has 0 atom stereocenters. The van der Waals surface area contributed by atoms with Crippen LogP contribution >= 0.6 is 0 Å². The lowest BCUT2D eigenvalue weighted by Gasteiger charge is -2.13. The standard InChI is InChI=1S/C12H16N2O3/c1-5-10(15)14(6-2)12-13-9(7-17-12)11(16)8(3)4/h5,7-8H,1,6H2,2-4H3. The minimum absolute atomic E-state index is 0.109. The highest BCUT2D eigenvalue weighted by Crippen LogP contribution is 2.16. The third-order valence-corrected chi connectivity index (χ3v) is 2.26. The van der Waals surface area contributed by atoms with Crippen molar-refractivity contribution in [2.45, 2.75) is 20.8 Å². The van der Waals surface area contributed by atoms with Gasteiger partial charge >= 0.3 is 6.01 Å². The van der Waals surface area contributed by atoms with Crippen LogP contribution in [-0.4, -0.2) is 23.2 Å². The van der Waals surface area contributed by atoms with E-state index in [1.807, 2.05) is 0 Å². The SMILES string of the molecule is C=CC(=O)N(CC)c1nc(C(=O)C(C)C)co1. The molecule has 0 bridgehead atoms. The van der Waals surface area contributed by atoms with Crippen molar-refractivity contribution in [1.82, 2.24) is 4.98 Å². The maximum Gasteiger partial charge on any atom is 0.304 e. The maximum atomic E-state index is 11.7. The molecule has 0 aliphatic heterocycles. The summed E-state index contributed by atoms with van der Waals surface area (Å²) >= 11 is 0. The Kier molecular flexibility index (Phi) is 4.20. The van der Waals surface area contributed by atoms with Crippen LogP contribution in [0.2, 0.25) is 0 Å². The Morgan fingerprint density at radius 3 is 2.71 bits per heavy atom. The number of hydrogen-bond acceptors (Lipinski definition) is 4. The Labute approximate surface area is 100 Å². The van der Waals surface area contributed by atoms with E-state index in [0.29, 0.717) is 6.54 Å². The van der Waals surface area contributed by atoms with Crippen LogP contribution < -0.4 is 4.90 Å². The van der Waals surface area contributed by atoms with Gasteiger partial charge in [-0.05, 0) is 13.0 Å². The van der Waals surface area contributed by atoms with Gasteiger partial charge in [0, 0.05) is 12.5 Å². The van der Waals surface area contributed by atoms with Gasteiger partial charge in [0.05, 0.1) is 0 Å². The van der Waals surface area contributed by atoms with Crippen molar-refractivity contribution in [2.75, 3.05) is 11.4 Å². The molecule has 0 unspecified atom stereocenters. The number of hydrogen-bond donors (Lipinski definition) is 0. The van der Waals surface area contributed by atoms with Gasteiger partial charge in [0.15, 0.2) is 5.78 Å². The van der Waals surface area contributed by atoms with Crippen molar-refractivity contribution in [3.05, 3.63) is 24.6 Å². The van der Waals surface area contributed by atoms with Gasteiger partial charge in [-0.2, -0.15) is 4.98 Å². The quantitative estimate of drug-likeness (QED) is 0.579. The van der Waals surface area contributed by atoms with Crippen LogP contribution in [0.3, 0.4) is 0 Å². The number of carbonyl (C=O) groups excluding carboxylic acids is 2. The van der Waals surface area contributed by atoms with E-state index in [1.165, 1.54) is 17.2 Å². The van der Waals surface area contributed by atoms with Crippen LogP contribution in [-0.2, 0) is 4.79 Å². The smallest absolute Gasteiger partial charge is 0.304 e. The van der Waals surface area contributed by atoms with E-state index < -0.39 is 0 Å². The zero-order valence-electron chi connectivity index (χ0n) is 10.3. The molecule has 1 aromatic heterocycles. The average Bonchev–Trinajstić information content (AvgIpc) is 2.77. The van der Waals surface area contributed by atoms with Gasteiger partial charge in [-0.1, -0.05) is 20.4 Å². The lowest BCUT2D eigenvalue weighted by Crippen LogP contribution is -2.29. The summed E-state index contributed by atoms with van der Waals surface area (Å²) in [4.78, 5) is 28.5. The Morgan fingerprint density at radius 2 is 2.24 bits per heavy atom. The molecule has 0 fully saturated rings. The Bertz CT molecular complexity index is 435. The number of carbonyl (C=O) groups is 2. The normalized spacial score (nSPS) is 10.4. The van der Waals surface area contributed by atoms with E-state index >= 15 is 0 Å². The van der Waals surface area contributed by atoms with Crippen molar-refractivity contribution >= 4 is 17.7 Å². The van der Waals surface area contributed by atoms with Gasteiger partial charge in [-0.25, -0.2) is 0 Å². The van der Waals surface area contributed by atoms with Gasteiger partial charge in [0.25, 0.3) is 5.91 Å². The first-order valence-corrected chi connectivity index (χ1v) is 5.44. The van der Waals surface area contributed by atoms with E-state index in [9.17, 15) is 9.59 Å². The lowest BCUT2D eigenvalue weighted by atomic mass is 10.1. The number of ketones is 1. The van der Waals surface area contributed by atoms with E-state index in [2.05, 4.69) is 11.6 Å². The van der Waals surface area contributed by atoms with Crippen molar-refractivity contribution in [3.63, 3.8) is 0 Å². The zero-order valence-corrected chi connectivity index (χ0v) is 10.3. The minimum atomic E-state index is -0.308. The number of likely N-dealkylation sites (N-methyl/N-ethyl adjacent to an activating group) is 1. The van der Waals surface area contributed by atoms with Crippen LogP contribution in [0.1, 0.15) is 31.3 Å². The lowest BCUT2D eigenvalue weighted by molar-refractivity contribution is -0.114. The fraction of sp³-hybridized carbons (Fsp3) is 0.417.